The SMILES string of the molecule is C.Cn1cncc1-c1ccc(C(F)(F)F)cc1F.Cn1cncc1Br.O=[C-]OO.O[B]Oc1ccc(C(F)(F)F)cc1F.[Cs].[Cs].[Pd].c1ccc(P(c2ccccc2)c2ccccc2)cc1.c1ccc(P(c2ccccc2)c2ccccc2)cc1.c1ccc(P(c2ccccc2)c2ccccc2)cc1.c1ccc(P(c2ccccc2)c2ccccc2)cc1. The van der Waals surface area contributed by atoms with Crippen molar-refractivity contribution in [1.29, 1.82) is 0 Å². The van der Waals surface area contributed by atoms with Crippen molar-refractivity contribution < 1.29 is 80.2 Å². The van der Waals surface area contributed by atoms with E-state index in [1.165, 1.54) is 80.7 Å². The van der Waals surface area contributed by atoms with Gasteiger partial charge in [-0.15, -0.1) is 0 Å². The summed E-state index contributed by atoms with van der Waals surface area (Å²) in [7, 11) is 1.97. The van der Waals surface area contributed by atoms with Crippen molar-refractivity contribution in [3.63, 3.8) is 0 Å². The molecule has 0 saturated carbocycles. The zero-order chi connectivity index (χ0) is 83.8. The molecule has 0 atom stereocenters. The van der Waals surface area contributed by atoms with Crippen LogP contribution in [0.25, 0.3) is 11.3 Å². The fourth-order valence-electron chi connectivity index (χ4n) is 11.4. The van der Waals surface area contributed by atoms with Crippen molar-refractivity contribution in [3.05, 3.63) is 453 Å². The second kappa shape index (κ2) is 57.7. The van der Waals surface area contributed by atoms with Crippen molar-refractivity contribution >= 4 is 263 Å². The topological polar surface area (TPSA) is 112 Å². The first-order valence-electron chi connectivity index (χ1n) is 36.3. The van der Waals surface area contributed by atoms with E-state index in [2.05, 4.69) is 399 Å². The van der Waals surface area contributed by atoms with Crippen LogP contribution in [0.2, 0.25) is 0 Å². The molecule has 2 heterocycles. The number of aryl methyl sites for hydroxylation is 2. The summed E-state index contributed by atoms with van der Waals surface area (Å²) >= 11 is 3.27. The molecule has 2 aromatic heterocycles. The van der Waals surface area contributed by atoms with Crippen LogP contribution in [-0.2, 0) is 56.6 Å². The van der Waals surface area contributed by atoms with Gasteiger partial charge < -0.3 is 28.5 Å². The van der Waals surface area contributed by atoms with Gasteiger partial charge in [-0.05, 0) is 154 Å². The molecule has 0 spiro atoms. The predicted molar refractivity (Wildman–Crippen MR) is 493 cm³/mol. The summed E-state index contributed by atoms with van der Waals surface area (Å²) in [6.45, 7) is 0.736. The van der Waals surface area contributed by atoms with Crippen molar-refractivity contribution in [3.8, 4) is 17.0 Å². The quantitative estimate of drug-likeness (QED) is 0.0247. The van der Waals surface area contributed by atoms with E-state index in [1.54, 1.807) is 19.6 Å². The van der Waals surface area contributed by atoms with E-state index in [4.69, 9.17) is 15.1 Å². The Balaban J connectivity index is 0.000000253. The van der Waals surface area contributed by atoms with E-state index >= 15 is 0 Å². The van der Waals surface area contributed by atoms with E-state index in [0.717, 1.165) is 29.3 Å². The van der Waals surface area contributed by atoms with Gasteiger partial charge in [-0.1, -0.05) is 371 Å². The van der Waals surface area contributed by atoms with Crippen LogP contribution in [0.3, 0.4) is 0 Å². The van der Waals surface area contributed by atoms with E-state index in [0.29, 0.717) is 23.9 Å². The molecule has 14 aromatic carbocycles. The molecule has 16 rings (SSSR count). The monoisotopic (exact) mass is 2110 g/mol. The molecule has 0 aliphatic heterocycles. The molecule has 0 aliphatic rings. The average molecular weight is 2110 g/mol. The number of hydrogen-bond donors (Lipinski definition) is 2. The maximum Gasteiger partial charge on any atom is 0.569 e. The smallest absolute Gasteiger partial charge is 0.535 e. The number of rotatable bonds is 16. The molecule has 0 aliphatic carbocycles. The maximum atomic E-state index is 13.6. The summed E-state index contributed by atoms with van der Waals surface area (Å²) in [5, 5.41) is 31.9. The molecule has 0 saturated heterocycles. The van der Waals surface area contributed by atoms with Gasteiger partial charge in [-0.3, -0.25) is 0 Å². The van der Waals surface area contributed by atoms with Crippen LogP contribution in [-0.4, -0.2) is 181 Å². The summed E-state index contributed by atoms with van der Waals surface area (Å²) in [5.41, 5.74) is -1.59. The van der Waals surface area contributed by atoms with E-state index < -0.39 is 72.5 Å². The molecule has 0 bridgehead atoms. The van der Waals surface area contributed by atoms with Crippen LogP contribution in [0.15, 0.2) is 430 Å². The van der Waals surface area contributed by atoms with E-state index in [9.17, 15) is 35.1 Å². The minimum atomic E-state index is -4.59. The molecule has 0 amide bonds. The molecule has 615 valence electrons. The van der Waals surface area contributed by atoms with Crippen molar-refractivity contribution in [2.75, 3.05) is 0 Å². The number of benzene rings is 14. The molecular weight excluding hydrogens is 2030 g/mol. The van der Waals surface area contributed by atoms with Gasteiger partial charge in [-0.2, -0.15) is 26.3 Å². The first-order valence-corrected chi connectivity index (χ1v) is 42.5. The van der Waals surface area contributed by atoms with Crippen LogP contribution in [0.5, 0.6) is 5.75 Å². The third kappa shape index (κ3) is 34.5. The summed E-state index contributed by atoms with van der Waals surface area (Å²) in [6.07, 6.45) is -2.80. The van der Waals surface area contributed by atoms with Crippen molar-refractivity contribution in [2.24, 2.45) is 14.1 Å². The molecule has 122 heavy (non-hydrogen) atoms. The van der Waals surface area contributed by atoms with Gasteiger partial charge in [0.1, 0.15) is 16.2 Å². The number of imidazole rings is 2. The predicted octanol–water partition coefficient (Wildman–Crippen LogP) is 19.4. The molecule has 3 radical (unpaired) electrons. The minimum Gasteiger partial charge on any atom is -0.535 e. The summed E-state index contributed by atoms with van der Waals surface area (Å²) in [5.74, 6) is -2.57. The summed E-state index contributed by atoms with van der Waals surface area (Å²) < 4.78 is 108. The molecule has 9 nitrogen and oxygen atoms in total. The Bertz CT molecular complexity index is 4640. The number of hydrogen-bond acceptors (Lipinski definition) is 7. The van der Waals surface area contributed by atoms with Crippen LogP contribution in [0.1, 0.15) is 18.6 Å². The maximum absolute atomic E-state index is 13.6. The molecule has 0 fully saturated rings. The van der Waals surface area contributed by atoms with Crippen molar-refractivity contribution in [2.45, 2.75) is 19.8 Å². The number of carbonyl (C=O) groups excluding carboxylic acids is 1. The second-order valence-corrected chi connectivity index (χ2v) is 34.5. The van der Waals surface area contributed by atoms with Gasteiger partial charge in [0.2, 0.25) is 0 Å². The third-order valence-corrected chi connectivity index (χ3v) is 27.3. The van der Waals surface area contributed by atoms with E-state index in [1.807, 2.05) is 11.6 Å². The molecule has 26 heteroatoms. The first kappa shape index (κ1) is 106. The van der Waals surface area contributed by atoms with Gasteiger partial charge in [-0.25, -0.2) is 24.0 Å². The Hall–Kier alpha value is -6.84. The standard InChI is InChI=1S/4C18H15P.C11H8F4N2.C7H4BF4O2.C4H5BrN2.CHO3.CH4.2Cs.Pd/c4*1-4-10-16(11-5-1)19(17-12-6-2-7-13-17)18-14-8-3-9-15-18;1-17-6-16-5-10(17)8-3-2-7(4-9(8)12)11(13,14)15;9-5-3-4(7(10,11)12)1-2-6(5)14-8-13;1-7-3-6-2-4(7)5;2-1-4-3;;;;/h4*1-15H;2-6H,1H3;1-3,13H;2-3H,1H3;3H;1H4;;;/q;;;;;;;-1;;;;. The summed E-state index contributed by atoms with van der Waals surface area (Å²) in [4.78, 5) is 18.9. The summed E-state index contributed by atoms with van der Waals surface area (Å²) in [6, 6.07) is 133. The second-order valence-electron chi connectivity index (χ2n) is 24.8. The van der Waals surface area contributed by atoms with Gasteiger partial charge in [0.15, 0.2) is 5.82 Å². The van der Waals surface area contributed by atoms with Crippen LogP contribution in [0.4, 0.5) is 35.1 Å². The molecule has 16 aromatic rings. The van der Waals surface area contributed by atoms with Gasteiger partial charge in [0.05, 0.1) is 41.9 Å². The number of nitrogens with zero attached hydrogens (tertiary/aromatic N) is 4. The first-order chi connectivity index (χ1) is 57.4. The molecular formula is C96H82BBrCs2F8N4O5P4Pd-. The Morgan fingerprint density at radius 1 is 0.361 bits per heavy atom. The number of alkyl halides is 6. The van der Waals surface area contributed by atoms with Gasteiger partial charge in [0, 0.05) is 178 Å². The zero-order valence-electron chi connectivity index (χ0n) is 65.9. The minimum absolute atomic E-state index is 0. The average Bonchev–Trinajstić information content (AvgIpc) is 1.75. The van der Waals surface area contributed by atoms with Gasteiger partial charge in [0.25, 0.3) is 0 Å². The van der Waals surface area contributed by atoms with Crippen LogP contribution in [0, 0.1) is 11.6 Å². The number of aromatic nitrogens is 4. The van der Waals surface area contributed by atoms with E-state index in [-0.39, 0.29) is 179 Å². The van der Waals surface area contributed by atoms with Crippen LogP contribution < -0.4 is 68.3 Å². The molecule has 2 N–H and O–H groups in total. The Morgan fingerprint density at radius 3 is 0.730 bits per heavy atom. The van der Waals surface area contributed by atoms with Crippen molar-refractivity contribution in [1.82, 2.24) is 19.1 Å². The normalized spacial score (nSPS) is 10.2. The largest absolute Gasteiger partial charge is 0.569 e. The van der Waals surface area contributed by atoms with Gasteiger partial charge >= 0.3 is 20.0 Å². The molecule has 0 unspecified atom stereocenters. The number of halogens is 9. The fourth-order valence-corrected chi connectivity index (χ4v) is 20.8. The third-order valence-electron chi connectivity index (χ3n) is 16.8. The fraction of sp³-hybridized carbons (Fsp3) is 0.0521. The Labute approximate surface area is 853 Å². The van der Waals surface area contributed by atoms with Crippen LogP contribution >= 0.6 is 47.6 Å². The zero-order valence-corrected chi connectivity index (χ0v) is 85.2. The Morgan fingerprint density at radius 2 is 0.574 bits per heavy atom. The Kier molecular flexibility index (Phi) is 50.0.